The van der Waals surface area contributed by atoms with Gasteiger partial charge in [-0.25, -0.2) is 4.79 Å². The van der Waals surface area contributed by atoms with Crippen molar-refractivity contribution in [2.24, 2.45) is 0 Å². The number of nitro benzene ring substituents is 1. The number of H-pyrrole nitrogens is 1. The Labute approximate surface area is 118 Å². The van der Waals surface area contributed by atoms with Crippen LogP contribution in [-0.2, 0) is 0 Å². The Balaban J connectivity index is 1.98. The van der Waals surface area contributed by atoms with Gasteiger partial charge in [0.05, 0.1) is 16.5 Å². The van der Waals surface area contributed by atoms with Crippen LogP contribution in [0.2, 0.25) is 0 Å². The Bertz CT molecular complexity index is 827. The van der Waals surface area contributed by atoms with Crippen molar-refractivity contribution in [3.05, 3.63) is 64.3 Å². The van der Waals surface area contributed by atoms with Gasteiger partial charge in [0.15, 0.2) is 5.69 Å². The highest BCUT2D eigenvalue weighted by atomic mass is 16.6. The first-order valence-electron chi connectivity index (χ1n) is 5.97. The number of para-hydroxylation sites is 1. The van der Waals surface area contributed by atoms with Crippen LogP contribution in [0.25, 0.3) is 10.9 Å². The summed E-state index contributed by atoms with van der Waals surface area (Å²) in [5.41, 5.74) is 0.191. The topological polar surface area (TPSA) is 98.1 Å². The number of esters is 1. The number of hydrogen-bond acceptors (Lipinski definition) is 5. The van der Waals surface area contributed by atoms with E-state index in [0.717, 1.165) is 0 Å². The van der Waals surface area contributed by atoms with Crippen LogP contribution in [-0.4, -0.2) is 21.1 Å². The van der Waals surface area contributed by atoms with Crippen LogP contribution in [0.5, 0.6) is 5.75 Å². The van der Waals surface area contributed by atoms with Crippen LogP contribution in [0, 0.1) is 16.2 Å². The first-order chi connectivity index (χ1) is 10.1. The Kier molecular flexibility index (Phi) is 3.07. The van der Waals surface area contributed by atoms with Crippen molar-refractivity contribution in [2.45, 2.75) is 0 Å². The molecule has 2 aromatic carbocycles. The molecule has 1 N–H and O–H groups in total. The lowest BCUT2D eigenvalue weighted by Crippen LogP contribution is -2.09. The van der Waals surface area contributed by atoms with E-state index in [-0.39, 0.29) is 16.8 Å². The van der Waals surface area contributed by atoms with Crippen LogP contribution in [0.1, 0.15) is 10.5 Å². The summed E-state index contributed by atoms with van der Waals surface area (Å²) < 4.78 is 5.16. The Hall–Kier alpha value is -3.22. The number of nitro groups is 1. The molecule has 0 saturated carbocycles. The monoisotopic (exact) mass is 282 g/mol. The molecule has 7 nitrogen and oxygen atoms in total. The second-order valence-corrected chi connectivity index (χ2v) is 4.16. The lowest BCUT2D eigenvalue weighted by Gasteiger charge is -2.01. The van der Waals surface area contributed by atoms with Crippen LogP contribution < -0.4 is 4.74 Å². The highest BCUT2D eigenvalue weighted by Crippen LogP contribution is 2.22. The second-order valence-electron chi connectivity index (χ2n) is 4.16. The number of aromatic nitrogens is 2. The largest absolute Gasteiger partial charge is 0.422 e. The van der Waals surface area contributed by atoms with E-state index in [0.29, 0.717) is 11.3 Å². The molecule has 0 spiro atoms. The van der Waals surface area contributed by atoms with Crippen molar-refractivity contribution < 1.29 is 14.5 Å². The fourth-order valence-corrected chi connectivity index (χ4v) is 1.83. The molecule has 3 rings (SSSR count). The van der Waals surface area contributed by atoms with E-state index < -0.39 is 10.9 Å². The maximum absolute atomic E-state index is 12.1. The van der Waals surface area contributed by atoms with Gasteiger partial charge < -0.3 is 4.74 Å². The molecule has 1 radical (unpaired) electrons. The fraction of sp³-hybridized carbons (Fsp3) is 0. The van der Waals surface area contributed by atoms with Crippen LogP contribution in [0.4, 0.5) is 5.69 Å². The van der Waals surface area contributed by atoms with Crippen molar-refractivity contribution >= 4 is 22.6 Å². The Morgan fingerprint density at radius 1 is 1.24 bits per heavy atom. The van der Waals surface area contributed by atoms with Crippen molar-refractivity contribution in [1.82, 2.24) is 10.2 Å². The number of benzene rings is 2. The number of carbonyl (C=O) groups is 1. The number of carbonyl (C=O) groups excluding carboxylic acids is 1. The zero-order chi connectivity index (χ0) is 14.8. The molecule has 0 atom stereocenters. The van der Waals surface area contributed by atoms with Gasteiger partial charge in [0.2, 0.25) is 0 Å². The number of hydrogen-bond donors (Lipinski definition) is 1. The fourth-order valence-electron chi connectivity index (χ4n) is 1.83. The average Bonchev–Trinajstić information content (AvgIpc) is 2.91. The van der Waals surface area contributed by atoms with Crippen molar-refractivity contribution in [3.63, 3.8) is 0 Å². The molecule has 7 heteroatoms. The molecule has 0 aliphatic rings. The smallest absolute Gasteiger partial charge is 0.364 e. The summed E-state index contributed by atoms with van der Waals surface area (Å²) >= 11 is 0. The van der Waals surface area contributed by atoms with E-state index in [9.17, 15) is 14.9 Å². The minimum Gasteiger partial charge on any atom is -0.422 e. The third-order valence-electron chi connectivity index (χ3n) is 2.80. The SMILES string of the molecule is O=C(Oc1ccccc1)c1n[nH]c2ccc([N+](=O)[O-])[c]c12. The van der Waals surface area contributed by atoms with Gasteiger partial charge in [-0.05, 0) is 18.2 Å². The van der Waals surface area contributed by atoms with Gasteiger partial charge in [0, 0.05) is 11.5 Å². The lowest BCUT2D eigenvalue weighted by molar-refractivity contribution is -0.385. The summed E-state index contributed by atoms with van der Waals surface area (Å²) in [5.74, 6) is -0.340. The van der Waals surface area contributed by atoms with Crippen LogP contribution in [0.15, 0.2) is 42.5 Å². The highest BCUT2D eigenvalue weighted by molar-refractivity contribution is 6.03. The normalized spacial score (nSPS) is 10.5. The van der Waals surface area contributed by atoms with Crippen molar-refractivity contribution in [2.75, 3.05) is 0 Å². The van der Waals surface area contributed by atoms with Gasteiger partial charge in [-0.3, -0.25) is 15.2 Å². The third-order valence-corrected chi connectivity index (χ3v) is 2.80. The van der Waals surface area contributed by atoms with Crippen LogP contribution >= 0.6 is 0 Å². The molecule has 0 bridgehead atoms. The highest BCUT2D eigenvalue weighted by Gasteiger charge is 2.19. The minimum absolute atomic E-state index is 0.0439. The molecular weight excluding hydrogens is 274 g/mol. The number of aromatic amines is 1. The summed E-state index contributed by atoms with van der Waals surface area (Å²) in [6, 6.07) is 13.8. The summed E-state index contributed by atoms with van der Waals surface area (Å²) in [4.78, 5) is 22.3. The number of rotatable bonds is 3. The number of fused-ring (bicyclic) bond motifs is 1. The number of nitrogens with zero attached hydrogens (tertiary/aromatic N) is 2. The standard InChI is InChI=1S/C14H8N3O4/c18-14(21-10-4-2-1-3-5-10)13-11-8-9(17(19)20)6-7-12(11)15-16-13/h1-7H,(H,15,16). The van der Waals surface area contributed by atoms with Gasteiger partial charge >= 0.3 is 5.97 Å². The van der Waals surface area contributed by atoms with Gasteiger partial charge in [-0.1, -0.05) is 18.2 Å². The first-order valence-corrected chi connectivity index (χ1v) is 5.97. The zero-order valence-electron chi connectivity index (χ0n) is 10.6. The molecule has 0 saturated heterocycles. The molecule has 1 aromatic heterocycles. The summed E-state index contributed by atoms with van der Waals surface area (Å²) in [6.45, 7) is 0. The molecule has 0 fully saturated rings. The molecular formula is C14H8N3O4. The first kappa shape index (κ1) is 12.8. The van der Waals surface area contributed by atoms with E-state index in [1.165, 1.54) is 12.1 Å². The molecule has 0 unspecified atom stereocenters. The van der Waals surface area contributed by atoms with Gasteiger partial charge in [0.25, 0.3) is 5.69 Å². The van der Waals surface area contributed by atoms with Gasteiger partial charge in [-0.2, -0.15) is 5.10 Å². The Morgan fingerprint density at radius 3 is 2.71 bits per heavy atom. The Morgan fingerprint density at radius 2 is 2.00 bits per heavy atom. The average molecular weight is 282 g/mol. The summed E-state index contributed by atoms with van der Waals surface area (Å²) in [7, 11) is 0. The predicted octanol–water partition coefficient (Wildman–Crippen LogP) is 2.49. The summed E-state index contributed by atoms with van der Waals surface area (Å²) in [6.07, 6.45) is 0. The number of ether oxygens (including phenoxy) is 1. The lowest BCUT2D eigenvalue weighted by atomic mass is 10.2. The molecule has 0 amide bonds. The van der Waals surface area contributed by atoms with E-state index in [1.807, 2.05) is 0 Å². The van der Waals surface area contributed by atoms with E-state index in [1.54, 1.807) is 30.3 Å². The second kappa shape index (κ2) is 5.04. The predicted molar refractivity (Wildman–Crippen MR) is 73.0 cm³/mol. The summed E-state index contributed by atoms with van der Waals surface area (Å²) in [5, 5.41) is 17.4. The number of non-ortho nitro benzene ring substituents is 1. The van der Waals surface area contributed by atoms with Crippen LogP contribution in [0.3, 0.4) is 0 Å². The molecule has 0 aliphatic heterocycles. The van der Waals surface area contributed by atoms with Gasteiger partial charge in [0.1, 0.15) is 5.75 Å². The van der Waals surface area contributed by atoms with Crippen molar-refractivity contribution in [1.29, 1.82) is 0 Å². The molecule has 103 valence electrons. The van der Waals surface area contributed by atoms with E-state index in [2.05, 4.69) is 16.3 Å². The van der Waals surface area contributed by atoms with Gasteiger partial charge in [-0.15, -0.1) is 0 Å². The maximum Gasteiger partial charge on any atom is 0.364 e. The molecule has 0 aliphatic carbocycles. The van der Waals surface area contributed by atoms with E-state index in [4.69, 9.17) is 4.74 Å². The third kappa shape index (κ3) is 2.44. The van der Waals surface area contributed by atoms with Crippen molar-refractivity contribution in [3.8, 4) is 5.75 Å². The minimum atomic E-state index is -0.704. The zero-order valence-corrected chi connectivity index (χ0v) is 10.6. The molecule has 21 heavy (non-hydrogen) atoms. The molecule has 1 heterocycles. The number of nitrogens with one attached hydrogen (secondary N) is 1. The maximum atomic E-state index is 12.1. The quantitative estimate of drug-likeness (QED) is 0.344. The van der Waals surface area contributed by atoms with E-state index >= 15 is 0 Å². The molecule has 3 aromatic rings.